The fourth-order valence-corrected chi connectivity index (χ4v) is 2.43. The van der Waals surface area contributed by atoms with Crippen molar-refractivity contribution in [1.29, 1.82) is 0 Å². The number of aliphatic hydroxyl groups excluding tert-OH is 1. The molecule has 0 unspecified atom stereocenters. The number of nitrogens with zero attached hydrogens (tertiary/aromatic N) is 1. The maximum Gasteiger partial charge on any atom is 0.276 e. The first-order chi connectivity index (χ1) is 8.23. The lowest BCUT2D eigenvalue weighted by molar-refractivity contribution is -0.386. The van der Waals surface area contributed by atoms with E-state index in [-0.39, 0.29) is 16.7 Å². The highest BCUT2D eigenvalue weighted by Gasteiger charge is 2.28. The number of aliphatic hydroxyl groups is 1. The number of halogens is 1. The first kappa shape index (κ1) is 14.9. The summed E-state index contributed by atoms with van der Waals surface area (Å²) in [6, 6.07) is 1.47. The van der Waals surface area contributed by atoms with Gasteiger partial charge >= 0.3 is 0 Å². The van der Waals surface area contributed by atoms with Crippen LogP contribution in [0.2, 0.25) is 0 Å². The van der Waals surface area contributed by atoms with Crippen LogP contribution in [0.4, 0.5) is 5.69 Å². The van der Waals surface area contributed by atoms with Gasteiger partial charge in [-0.3, -0.25) is 10.1 Å². The molecule has 0 aromatic heterocycles. The lowest BCUT2D eigenvalue weighted by atomic mass is 9.85. The molecule has 1 rings (SSSR count). The van der Waals surface area contributed by atoms with Gasteiger partial charge in [0, 0.05) is 11.6 Å². The smallest absolute Gasteiger partial charge is 0.276 e. The summed E-state index contributed by atoms with van der Waals surface area (Å²) in [6.07, 6.45) is 0. The number of ether oxygens (including phenoxy) is 1. The number of nitro groups is 1. The molecule has 0 spiro atoms. The van der Waals surface area contributed by atoms with Crippen LogP contribution in [0.15, 0.2) is 10.5 Å². The third-order valence-electron chi connectivity index (χ3n) is 2.67. The lowest BCUT2D eigenvalue weighted by Crippen LogP contribution is -2.15. The number of methoxy groups -OCH3 is 1. The van der Waals surface area contributed by atoms with Gasteiger partial charge in [0.05, 0.1) is 28.7 Å². The summed E-state index contributed by atoms with van der Waals surface area (Å²) in [5, 5.41) is 20.3. The van der Waals surface area contributed by atoms with E-state index in [4.69, 9.17) is 4.74 Å². The van der Waals surface area contributed by atoms with Crippen LogP contribution in [0.25, 0.3) is 0 Å². The second-order valence-corrected chi connectivity index (χ2v) is 5.73. The van der Waals surface area contributed by atoms with Gasteiger partial charge in [0.1, 0.15) is 5.75 Å². The standard InChI is InChI=1S/C12H16BrNO4/c1-12(2,3)8-5-9(14(16)17)7(6-15)10(13)11(8)18-4/h5,15H,6H2,1-4H3. The van der Waals surface area contributed by atoms with Gasteiger partial charge < -0.3 is 9.84 Å². The molecule has 0 radical (unpaired) electrons. The Morgan fingerprint density at radius 2 is 2.06 bits per heavy atom. The van der Waals surface area contributed by atoms with Gasteiger partial charge in [0.2, 0.25) is 0 Å². The van der Waals surface area contributed by atoms with Gasteiger partial charge in [0.15, 0.2) is 0 Å². The number of benzene rings is 1. The fourth-order valence-electron chi connectivity index (χ4n) is 1.73. The van der Waals surface area contributed by atoms with Gasteiger partial charge in [0.25, 0.3) is 5.69 Å². The molecule has 1 aromatic rings. The van der Waals surface area contributed by atoms with Crippen LogP contribution in [0.5, 0.6) is 5.75 Å². The predicted molar refractivity (Wildman–Crippen MR) is 72.0 cm³/mol. The Morgan fingerprint density at radius 1 is 1.50 bits per heavy atom. The molecule has 0 saturated carbocycles. The van der Waals surface area contributed by atoms with Crippen molar-refractivity contribution in [2.45, 2.75) is 32.8 Å². The normalized spacial score (nSPS) is 11.4. The summed E-state index contributed by atoms with van der Waals surface area (Å²) in [7, 11) is 1.50. The maximum atomic E-state index is 11.0. The van der Waals surface area contributed by atoms with Crippen molar-refractivity contribution in [2.75, 3.05) is 7.11 Å². The van der Waals surface area contributed by atoms with Gasteiger partial charge in [-0.2, -0.15) is 0 Å². The van der Waals surface area contributed by atoms with Crippen LogP contribution in [-0.2, 0) is 12.0 Å². The molecule has 0 aliphatic heterocycles. The summed E-state index contributed by atoms with van der Waals surface area (Å²) in [4.78, 5) is 10.5. The zero-order chi connectivity index (χ0) is 14.1. The minimum atomic E-state index is -0.495. The minimum absolute atomic E-state index is 0.102. The Morgan fingerprint density at radius 3 is 2.39 bits per heavy atom. The second-order valence-electron chi connectivity index (χ2n) is 4.93. The topological polar surface area (TPSA) is 72.6 Å². The van der Waals surface area contributed by atoms with E-state index < -0.39 is 11.5 Å². The molecular formula is C12H16BrNO4. The van der Waals surface area contributed by atoms with Crippen LogP contribution in [0, 0.1) is 10.1 Å². The van der Waals surface area contributed by atoms with E-state index in [2.05, 4.69) is 15.9 Å². The summed E-state index contributed by atoms with van der Waals surface area (Å²) in [5.41, 5.74) is 0.549. The Labute approximate surface area is 114 Å². The first-order valence-electron chi connectivity index (χ1n) is 5.39. The van der Waals surface area contributed by atoms with E-state index in [0.717, 1.165) is 5.56 Å². The quantitative estimate of drug-likeness (QED) is 0.686. The Kier molecular flexibility index (Phi) is 4.34. The third-order valence-corrected chi connectivity index (χ3v) is 3.50. The summed E-state index contributed by atoms with van der Waals surface area (Å²) in [6.45, 7) is 5.41. The largest absolute Gasteiger partial charge is 0.495 e. The van der Waals surface area contributed by atoms with Gasteiger partial charge in [-0.05, 0) is 21.3 Å². The van der Waals surface area contributed by atoms with Crippen molar-refractivity contribution >= 4 is 21.6 Å². The van der Waals surface area contributed by atoms with E-state index in [9.17, 15) is 15.2 Å². The van der Waals surface area contributed by atoms with Crippen molar-refractivity contribution in [3.05, 3.63) is 31.8 Å². The van der Waals surface area contributed by atoms with Gasteiger partial charge in [-0.25, -0.2) is 0 Å². The molecule has 1 aromatic carbocycles. The average molecular weight is 318 g/mol. The molecule has 0 atom stereocenters. The molecule has 100 valence electrons. The second kappa shape index (κ2) is 5.24. The van der Waals surface area contributed by atoms with Crippen molar-refractivity contribution in [3.63, 3.8) is 0 Å². The summed E-state index contributed by atoms with van der Waals surface area (Å²) >= 11 is 3.27. The molecule has 18 heavy (non-hydrogen) atoms. The molecule has 0 saturated heterocycles. The molecule has 1 N–H and O–H groups in total. The molecule has 6 heteroatoms. The predicted octanol–water partition coefficient (Wildman–Crippen LogP) is 3.16. The number of hydrogen-bond donors (Lipinski definition) is 1. The fraction of sp³-hybridized carbons (Fsp3) is 0.500. The average Bonchev–Trinajstić information content (AvgIpc) is 2.26. The van der Waals surface area contributed by atoms with Crippen LogP contribution in [0.1, 0.15) is 31.9 Å². The van der Waals surface area contributed by atoms with E-state index in [1.807, 2.05) is 20.8 Å². The van der Waals surface area contributed by atoms with Crippen molar-refractivity contribution in [3.8, 4) is 5.75 Å². The van der Waals surface area contributed by atoms with Crippen molar-refractivity contribution < 1.29 is 14.8 Å². The van der Waals surface area contributed by atoms with E-state index in [1.165, 1.54) is 13.2 Å². The summed E-state index contributed by atoms with van der Waals surface area (Å²) < 4.78 is 5.74. The minimum Gasteiger partial charge on any atom is -0.495 e. The third kappa shape index (κ3) is 2.64. The van der Waals surface area contributed by atoms with Crippen LogP contribution in [-0.4, -0.2) is 17.1 Å². The maximum absolute atomic E-state index is 11.0. The van der Waals surface area contributed by atoms with Crippen LogP contribution in [0.3, 0.4) is 0 Å². The Balaban J connectivity index is 3.69. The molecule has 0 heterocycles. The SMILES string of the molecule is COc1c(C(C)(C)C)cc([N+](=O)[O-])c(CO)c1Br. The first-order valence-corrected chi connectivity index (χ1v) is 6.18. The molecule has 0 aliphatic rings. The van der Waals surface area contributed by atoms with E-state index in [0.29, 0.717) is 10.2 Å². The zero-order valence-electron chi connectivity index (χ0n) is 10.8. The highest BCUT2D eigenvalue weighted by Crippen LogP contribution is 2.43. The molecule has 0 fully saturated rings. The van der Waals surface area contributed by atoms with Crippen molar-refractivity contribution in [1.82, 2.24) is 0 Å². The number of hydrogen-bond acceptors (Lipinski definition) is 4. The zero-order valence-corrected chi connectivity index (χ0v) is 12.4. The molecule has 0 amide bonds. The van der Waals surface area contributed by atoms with Gasteiger partial charge in [-0.15, -0.1) is 0 Å². The molecular weight excluding hydrogens is 302 g/mol. The number of nitro benzene ring substituents is 1. The van der Waals surface area contributed by atoms with Crippen LogP contribution < -0.4 is 4.74 Å². The van der Waals surface area contributed by atoms with Crippen LogP contribution >= 0.6 is 15.9 Å². The Hall–Kier alpha value is -1.14. The summed E-state index contributed by atoms with van der Waals surface area (Å²) in [5.74, 6) is 0.525. The monoisotopic (exact) mass is 317 g/mol. The van der Waals surface area contributed by atoms with Gasteiger partial charge in [-0.1, -0.05) is 20.8 Å². The van der Waals surface area contributed by atoms with E-state index in [1.54, 1.807) is 0 Å². The van der Waals surface area contributed by atoms with E-state index >= 15 is 0 Å². The molecule has 5 nitrogen and oxygen atoms in total. The highest BCUT2D eigenvalue weighted by atomic mass is 79.9. The Bertz CT molecular complexity index is 480. The molecule has 0 bridgehead atoms. The molecule has 0 aliphatic carbocycles. The lowest BCUT2D eigenvalue weighted by Gasteiger charge is -2.23. The highest BCUT2D eigenvalue weighted by molar-refractivity contribution is 9.10. The number of rotatable bonds is 3. The van der Waals surface area contributed by atoms with Crippen molar-refractivity contribution in [2.24, 2.45) is 0 Å².